The molecular weight excluding hydrogens is 198 g/mol. The van der Waals surface area contributed by atoms with Crippen LogP contribution in [0.2, 0.25) is 0 Å². The molecular formula is C10H13NO4. The van der Waals surface area contributed by atoms with Crippen LogP contribution in [0, 0.1) is 0 Å². The highest BCUT2D eigenvalue weighted by Gasteiger charge is 2.11. The molecule has 1 atom stereocenters. The van der Waals surface area contributed by atoms with Crippen LogP contribution in [0.5, 0.6) is 11.5 Å². The van der Waals surface area contributed by atoms with Gasteiger partial charge >= 0.3 is 0 Å². The van der Waals surface area contributed by atoms with Crippen LogP contribution < -0.4 is 5.32 Å². The summed E-state index contributed by atoms with van der Waals surface area (Å²) in [5, 5.41) is 29.8. The molecule has 0 bridgehead atoms. The number of amides is 1. The molecule has 0 aliphatic rings. The van der Waals surface area contributed by atoms with Crippen LogP contribution in [0.15, 0.2) is 18.2 Å². The highest BCUT2D eigenvalue weighted by Crippen LogP contribution is 2.21. The number of phenolic OH excluding ortho intramolecular Hbond substituents is 2. The molecule has 1 aromatic carbocycles. The van der Waals surface area contributed by atoms with Crippen molar-refractivity contribution >= 4 is 5.91 Å². The van der Waals surface area contributed by atoms with E-state index in [1.165, 1.54) is 19.1 Å². The van der Waals surface area contributed by atoms with Gasteiger partial charge in [-0.25, -0.2) is 0 Å². The second-order valence-electron chi connectivity index (χ2n) is 3.26. The topological polar surface area (TPSA) is 89.8 Å². The standard InChI is InChI=1S/C10H13NO4/c1-6(12)5-11-10(15)8-4-7(13)2-3-9(8)14/h2-4,6,12-14H,5H2,1H3,(H,11,15)/t6-/m0/s1. The first-order chi connectivity index (χ1) is 7.00. The van der Waals surface area contributed by atoms with Crippen LogP contribution in [-0.2, 0) is 0 Å². The summed E-state index contributed by atoms with van der Waals surface area (Å²) < 4.78 is 0. The van der Waals surface area contributed by atoms with Gasteiger partial charge in [0.05, 0.1) is 11.7 Å². The molecule has 82 valence electrons. The Kier molecular flexibility index (Phi) is 3.51. The molecule has 0 aromatic heterocycles. The van der Waals surface area contributed by atoms with Crippen LogP contribution in [0.3, 0.4) is 0 Å². The predicted molar refractivity (Wildman–Crippen MR) is 53.8 cm³/mol. The van der Waals surface area contributed by atoms with Crippen molar-refractivity contribution in [1.29, 1.82) is 0 Å². The largest absolute Gasteiger partial charge is 0.508 e. The van der Waals surface area contributed by atoms with E-state index in [9.17, 15) is 9.90 Å². The minimum Gasteiger partial charge on any atom is -0.508 e. The zero-order chi connectivity index (χ0) is 11.4. The van der Waals surface area contributed by atoms with Gasteiger partial charge in [0.1, 0.15) is 11.5 Å². The van der Waals surface area contributed by atoms with Crippen molar-refractivity contribution in [2.75, 3.05) is 6.54 Å². The van der Waals surface area contributed by atoms with Gasteiger partial charge in [-0.3, -0.25) is 4.79 Å². The Bertz CT molecular complexity index is 362. The smallest absolute Gasteiger partial charge is 0.255 e. The molecule has 15 heavy (non-hydrogen) atoms. The third-order valence-electron chi connectivity index (χ3n) is 1.78. The summed E-state index contributed by atoms with van der Waals surface area (Å²) in [6.07, 6.45) is -0.659. The minimum atomic E-state index is -0.659. The van der Waals surface area contributed by atoms with Gasteiger partial charge in [0.15, 0.2) is 0 Å². The first-order valence-electron chi connectivity index (χ1n) is 4.49. The molecule has 0 unspecified atom stereocenters. The number of aliphatic hydroxyl groups excluding tert-OH is 1. The highest BCUT2D eigenvalue weighted by atomic mass is 16.3. The predicted octanol–water partition coefficient (Wildman–Crippen LogP) is 0.208. The molecule has 4 N–H and O–H groups in total. The highest BCUT2D eigenvalue weighted by molar-refractivity contribution is 5.97. The Morgan fingerprint density at radius 2 is 2.13 bits per heavy atom. The van der Waals surface area contributed by atoms with Crippen molar-refractivity contribution in [2.45, 2.75) is 13.0 Å². The number of benzene rings is 1. The molecule has 0 aliphatic heterocycles. The van der Waals surface area contributed by atoms with Crippen LogP contribution in [-0.4, -0.2) is 33.9 Å². The first kappa shape index (κ1) is 11.3. The number of carbonyl (C=O) groups is 1. The molecule has 0 saturated heterocycles. The summed E-state index contributed by atoms with van der Waals surface area (Å²) in [6, 6.07) is 3.67. The summed E-state index contributed by atoms with van der Waals surface area (Å²) in [7, 11) is 0. The number of aliphatic hydroxyl groups is 1. The Morgan fingerprint density at radius 1 is 1.47 bits per heavy atom. The van der Waals surface area contributed by atoms with E-state index in [2.05, 4.69) is 5.32 Å². The van der Waals surface area contributed by atoms with E-state index in [0.29, 0.717) is 0 Å². The molecule has 0 fully saturated rings. The van der Waals surface area contributed by atoms with E-state index in [1.807, 2.05) is 0 Å². The second-order valence-corrected chi connectivity index (χ2v) is 3.26. The number of aromatic hydroxyl groups is 2. The second kappa shape index (κ2) is 4.65. The van der Waals surface area contributed by atoms with E-state index < -0.39 is 12.0 Å². The summed E-state index contributed by atoms with van der Waals surface area (Å²) >= 11 is 0. The normalized spacial score (nSPS) is 12.1. The Balaban J connectivity index is 2.77. The number of nitrogens with one attached hydrogen (secondary N) is 1. The fraction of sp³-hybridized carbons (Fsp3) is 0.300. The molecule has 5 heteroatoms. The van der Waals surface area contributed by atoms with Crippen molar-refractivity contribution in [3.05, 3.63) is 23.8 Å². The van der Waals surface area contributed by atoms with Crippen LogP contribution in [0.4, 0.5) is 0 Å². The fourth-order valence-electron chi connectivity index (χ4n) is 1.04. The number of rotatable bonds is 3. The number of hydrogen-bond donors (Lipinski definition) is 4. The van der Waals surface area contributed by atoms with E-state index in [1.54, 1.807) is 0 Å². The first-order valence-corrected chi connectivity index (χ1v) is 4.49. The van der Waals surface area contributed by atoms with Crippen LogP contribution >= 0.6 is 0 Å². The Labute approximate surface area is 87.0 Å². The molecule has 0 saturated carbocycles. The van der Waals surface area contributed by atoms with Crippen LogP contribution in [0.25, 0.3) is 0 Å². The monoisotopic (exact) mass is 211 g/mol. The lowest BCUT2D eigenvalue weighted by Crippen LogP contribution is -2.30. The van der Waals surface area contributed by atoms with E-state index >= 15 is 0 Å². The average Bonchev–Trinajstić information content (AvgIpc) is 2.18. The van der Waals surface area contributed by atoms with Crippen molar-refractivity contribution < 1.29 is 20.1 Å². The lowest BCUT2D eigenvalue weighted by atomic mass is 10.1. The molecule has 1 rings (SSSR count). The zero-order valence-electron chi connectivity index (χ0n) is 8.27. The van der Waals surface area contributed by atoms with Gasteiger partial charge in [-0.05, 0) is 25.1 Å². The molecule has 1 amide bonds. The molecule has 1 aromatic rings. The van der Waals surface area contributed by atoms with Crippen LogP contribution in [0.1, 0.15) is 17.3 Å². The maximum absolute atomic E-state index is 11.4. The van der Waals surface area contributed by atoms with Crippen molar-refractivity contribution in [1.82, 2.24) is 5.32 Å². The van der Waals surface area contributed by atoms with Gasteiger partial charge in [0.2, 0.25) is 0 Å². The van der Waals surface area contributed by atoms with E-state index in [0.717, 1.165) is 6.07 Å². The molecule has 0 heterocycles. The summed E-state index contributed by atoms with van der Waals surface area (Å²) in [5.74, 6) is -0.852. The van der Waals surface area contributed by atoms with Crippen molar-refractivity contribution in [3.63, 3.8) is 0 Å². The lowest BCUT2D eigenvalue weighted by molar-refractivity contribution is 0.0921. The zero-order valence-corrected chi connectivity index (χ0v) is 8.27. The van der Waals surface area contributed by atoms with Gasteiger partial charge in [-0.1, -0.05) is 0 Å². The number of hydrogen-bond acceptors (Lipinski definition) is 4. The lowest BCUT2D eigenvalue weighted by Gasteiger charge is -2.08. The summed E-state index contributed by atoms with van der Waals surface area (Å²) in [5.41, 5.74) is -0.0179. The number of phenols is 2. The van der Waals surface area contributed by atoms with Crippen molar-refractivity contribution in [2.24, 2.45) is 0 Å². The molecule has 0 spiro atoms. The van der Waals surface area contributed by atoms with Gasteiger partial charge in [0.25, 0.3) is 5.91 Å². The average molecular weight is 211 g/mol. The third-order valence-corrected chi connectivity index (χ3v) is 1.78. The van der Waals surface area contributed by atoms with Gasteiger partial charge < -0.3 is 20.6 Å². The fourth-order valence-corrected chi connectivity index (χ4v) is 1.04. The van der Waals surface area contributed by atoms with Gasteiger partial charge in [-0.15, -0.1) is 0 Å². The maximum atomic E-state index is 11.4. The summed E-state index contributed by atoms with van der Waals surface area (Å²) in [6.45, 7) is 1.62. The van der Waals surface area contributed by atoms with Crippen molar-refractivity contribution in [3.8, 4) is 11.5 Å². The maximum Gasteiger partial charge on any atom is 0.255 e. The SMILES string of the molecule is C[C@H](O)CNC(=O)c1cc(O)ccc1O. The molecule has 5 nitrogen and oxygen atoms in total. The third kappa shape index (κ3) is 3.14. The summed E-state index contributed by atoms with van der Waals surface area (Å²) in [4.78, 5) is 11.4. The quantitative estimate of drug-likeness (QED) is 0.538. The molecule has 0 radical (unpaired) electrons. The van der Waals surface area contributed by atoms with E-state index in [-0.39, 0.29) is 23.6 Å². The van der Waals surface area contributed by atoms with Gasteiger partial charge in [-0.2, -0.15) is 0 Å². The van der Waals surface area contributed by atoms with Gasteiger partial charge in [0, 0.05) is 6.54 Å². The molecule has 0 aliphatic carbocycles. The Hall–Kier alpha value is -1.75. The van der Waals surface area contributed by atoms with E-state index in [4.69, 9.17) is 10.2 Å². The minimum absolute atomic E-state index is 0.0179. The Morgan fingerprint density at radius 3 is 2.73 bits per heavy atom. The number of carbonyl (C=O) groups excluding carboxylic acids is 1.